The molecule has 0 radical (unpaired) electrons. The van der Waals surface area contributed by atoms with Gasteiger partial charge in [-0.3, -0.25) is 9.48 Å². The van der Waals surface area contributed by atoms with E-state index in [-0.39, 0.29) is 5.91 Å². The minimum Gasteiger partial charge on any atom is -0.308 e. The Balaban J connectivity index is 1.53. The second-order valence-electron chi connectivity index (χ2n) is 5.54. The molecule has 2 aromatic carbocycles. The van der Waals surface area contributed by atoms with E-state index in [0.717, 1.165) is 4.90 Å². The summed E-state index contributed by atoms with van der Waals surface area (Å²) >= 11 is 1.51. The summed E-state index contributed by atoms with van der Waals surface area (Å²) in [5.74, 6) is 0.903. The van der Waals surface area contributed by atoms with E-state index in [1.807, 2.05) is 53.3 Å². The average Bonchev–Trinajstić information content (AvgIpc) is 3.01. The molecular weight excluding hydrogens is 318 g/mol. The molecule has 5 heteroatoms. The number of hydrogen-bond donors (Lipinski definition) is 1. The largest absolute Gasteiger partial charge is 0.308 e. The number of nitrogens with one attached hydrogen (secondary N) is 1. The molecule has 0 aliphatic rings. The highest BCUT2D eigenvalue weighted by molar-refractivity contribution is 8.00. The zero-order valence-electron chi connectivity index (χ0n) is 13.5. The summed E-state index contributed by atoms with van der Waals surface area (Å²) in [6, 6.07) is 20.0. The molecule has 0 atom stereocenters. The summed E-state index contributed by atoms with van der Waals surface area (Å²) in [4.78, 5) is 13.1. The maximum Gasteiger partial charge on any atom is 0.235 e. The van der Waals surface area contributed by atoms with Gasteiger partial charge in [-0.2, -0.15) is 5.10 Å². The van der Waals surface area contributed by atoms with Crippen molar-refractivity contribution >= 4 is 23.5 Å². The third-order valence-electron chi connectivity index (χ3n) is 3.45. The smallest absolute Gasteiger partial charge is 0.235 e. The minimum atomic E-state index is -0.0512. The Morgan fingerprint density at radius 2 is 1.96 bits per heavy atom. The predicted octanol–water partition coefficient (Wildman–Crippen LogP) is 3.97. The number of anilines is 1. The third kappa shape index (κ3) is 4.73. The normalized spacial score (nSPS) is 10.5. The Labute approximate surface area is 145 Å². The fourth-order valence-corrected chi connectivity index (χ4v) is 3.08. The number of nitrogens with zero attached hydrogens (tertiary/aromatic N) is 2. The molecule has 1 N–H and O–H groups in total. The summed E-state index contributed by atoms with van der Waals surface area (Å²) < 4.78 is 1.83. The Bertz CT molecular complexity index is 814. The lowest BCUT2D eigenvalue weighted by Crippen LogP contribution is -2.14. The van der Waals surface area contributed by atoms with Crippen LogP contribution in [0.4, 0.5) is 5.82 Å². The number of hydrogen-bond acceptors (Lipinski definition) is 3. The molecule has 0 saturated heterocycles. The van der Waals surface area contributed by atoms with E-state index in [9.17, 15) is 4.79 Å². The Morgan fingerprint density at radius 1 is 1.12 bits per heavy atom. The lowest BCUT2D eigenvalue weighted by atomic mass is 10.1. The van der Waals surface area contributed by atoms with Gasteiger partial charge in [-0.1, -0.05) is 48.0 Å². The summed E-state index contributed by atoms with van der Waals surface area (Å²) in [5.41, 5.74) is 2.42. The first-order valence-electron chi connectivity index (χ1n) is 7.76. The second kappa shape index (κ2) is 7.84. The molecule has 0 aliphatic heterocycles. The van der Waals surface area contributed by atoms with E-state index in [4.69, 9.17) is 0 Å². The van der Waals surface area contributed by atoms with Crippen LogP contribution in [0.15, 0.2) is 71.8 Å². The number of aryl methyl sites for hydroxylation is 1. The first-order valence-corrected chi connectivity index (χ1v) is 8.74. The number of rotatable bonds is 6. The van der Waals surface area contributed by atoms with E-state index in [2.05, 4.69) is 35.5 Å². The van der Waals surface area contributed by atoms with E-state index in [0.29, 0.717) is 18.1 Å². The predicted molar refractivity (Wildman–Crippen MR) is 98.3 cm³/mol. The van der Waals surface area contributed by atoms with Gasteiger partial charge in [0, 0.05) is 17.2 Å². The van der Waals surface area contributed by atoms with Gasteiger partial charge in [0.05, 0.1) is 12.3 Å². The Kier molecular flexibility index (Phi) is 5.33. The van der Waals surface area contributed by atoms with Gasteiger partial charge in [-0.25, -0.2) is 0 Å². The molecule has 3 aromatic rings. The van der Waals surface area contributed by atoms with Gasteiger partial charge in [0.25, 0.3) is 0 Å². The van der Waals surface area contributed by atoms with Gasteiger partial charge in [0.1, 0.15) is 0 Å². The van der Waals surface area contributed by atoms with Crippen molar-refractivity contribution in [3.8, 4) is 0 Å². The number of carbonyl (C=O) groups excluding carboxylic acids is 1. The van der Waals surface area contributed by atoms with Gasteiger partial charge in [-0.05, 0) is 24.6 Å². The topological polar surface area (TPSA) is 46.9 Å². The van der Waals surface area contributed by atoms with E-state index < -0.39 is 0 Å². The van der Waals surface area contributed by atoms with Crippen molar-refractivity contribution in [2.75, 3.05) is 11.1 Å². The minimum absolute atomic E-state index is 0.0512. The standard InChI is InChI=1S/C19H19N3OS/c1-15-6-5-7-16(12-15)13-22-11-10-18(21-22)20-19(23)14-24-17-8-3-2-4-9-17/h2-12H,13-14H2,1H3,(H,20,21,23). The number of thioether (sulfide) groups is 1. The van der Waals surface area contributed by atoms with Crippen molar-refractivity contribution in [1.29, 1.82) is 0 Å². The van der Waals surface area contributed by atoms with Crippen LogP contribution in [-0.4, -0.2) is 21.4 Å². The van der Waals surface area contributed by atoms with Gasteiger partial charge in [0.15, 0.2) is 5.82 Å². The van der Waals surface area contributed by atoms with Crippen molar-refractivity contribution in [2.24, 2.45) is 0 Å². The van der Waals surface area contributed by atoms with Crippen LogP contribution < -0.4 is 5.32 Å². The summed E-state index contributed by atoms with van der Waals surface area (Å²) in [6.07, 6.45) is 1.88. The van der Waals surface area contributed by atoms with Gasteiger partial charge in [0.2, 0.25) is 5.91 Å². The van der Waals surface area contributed by atoms with Gasteiger partial charge in [-0.15, -0.1) is 11.8 Å². The van der Waals surface area contributed by atoms with E-state index in [1.54, 1.807) is 0 Å². The summed E-state index contributed by atoms with van der Waals surface area (Å²) in [7, 11) is 0. The highest BCUT2D eigenvalue weighted by atomic mass is 32.2. The van der Waals surface area contributed by atoms with Gasteiger partial charge >= 0.3 is 0 Å². The molecular formula is C19H19N3OS. The maximum absolute atomic E-state index is 12.0. The summed E-state index contributed by atoms with van der Waals surface area (Å²) in [5, 5.41) is 7.24. The highest BCUT2D eigenvalue weighted by Gasteiger charge is 2.06. The van der Waals surface area contributed by atoms with Crippen molar-refractivity contribution < 1.29 is 4.79 Å². The molecule has 4 nitrogen and oxygen atoms in total. The number of benzene rings is 2. The average molecular weight is 337 g/mol. The van der Waals surface area contributed by atoms with E-state index >= 15 is 0 Å². The zero-order valence-corrected chi connectivity index (χ0v) is 14.3. The molecule has 0 unspecified atom stereocenters. The monoisotopic (exact) mass is 337 g/mol. The lowest BCUT2D eigenvalue weighted by molar-refractivity contribution is -0.113. The molecule has 1 amide bonds. The fourth-order valence-electron chi connectivity index (χ4n) is 2.36. The summed E-state index contributed by atoms with van der Waals surface area (Å²) in [6.45, 7) is 2.76. The van der Waals surface area contributed by atoms with Crippen molar-refractivity contribution in [3.05, 3.63) is 78.0 Å². The molecule has 0 spiro atoms. The van der Waals surface area contributed by atoms with Crippen LogP contribution in [-0.2, 0) is 11.3 Å². The van der Waals surface area contributed by atoms with Crippen LogP contribution in [0.25, 0.3) is 0 Å². The lowest BCUT2D eigenvalue weighted by Gasteiger charge is -2.04. The van der Waals surface area contributed by atoms with Crippen LogP contribution in [0, 0.1) is 6.92 Å². The molecule has 1 aromatic heterocycles. The SMILES string of the molecule is Cc1cccc(Cn2ccc(NC(=O)CSc3ccccc3)n2)c1. The van der Waals surface area contributed by atoms with Crippen LogP contribution >= 0.6 is 11.8 Å². The van der Waals surface area contributed by atoms with Gasteiger partial charge < -0.3 is 5.32 Å². The molecule has 24 heavy (non-hydrogen) atoms. The van der Waals surface area contributed by atoms with Crippen LogP contribution in [0.1, 0.15) is 11.1 Å². The fraction of sp³-hybridized carbons (Fsp3) is 0.158. The highest BCUT2D eigenvalue weighted by Crippen LogP contribution is 2.17. The van der Waals surface area contributed by atoms with Crippen LogP contribution in [0.2, 0.25) is 0 Å². The molecule has 122 valence electrons. The zero-order chi connectivity index (χ0) is 16.8. The Morgan fingerprint density at radius 3 is 2.75 bits per heavy atom. The van der Waals surface area contributed by atoms with Crippen LogP contribution in [0.3, 0.4) is 0 Å². The number of carbonyl (C=O) groups is 1. The molecule has 0 aliphatic carbocycles. The molecule has 1 heterocycles. The molecule has 0 saturated carbocycles. The van der Waals surface area contributed by atoms with Crippen molar-refractivity contribution in [3.63, 3.8) is 0 Å². The number of amides is 1. The van der Waals surface area contributed by atoms with Crippen molar-refractivity contribution in [1.82, 2.24) is 9.78 Å². The molecule has 0 fully saturated rings. The first-order chi connectivity index (χ1) is 11.7. The second-order valence-corrected chi connectivity index (χ2v) is 6.59. The molecule has 3 rings (SSSR count). The maximum atomic E-state index is 12.0. The van der Waals surface area contributed by atoms with E-state index in [1.165, 1.54) is 22.9 Å². The van der Waals surface area contributed by atoms with Crippen molar-refractivity contribution in [2.45, 2.75) is 18.4 Å². The quantitative estimate of drug-likeness (QED) is 0.692. The third-order valence-corrected chi connectivity index (χ3v) is 4.46. The van der Waals surface area contributed by atoms with Crippen LogP contribution in [0.5, 0.6) is 0 Å². The molecule has 0 bridgehead atoms. The first kappa shape index (κ1) is 16.3. The number of aromatic nitrogens is 2. The Hall–Kier alpha value is -2.53.